The SMILES string of the molecule is CCCNC(=O)C(NC(=O)c1cccs1)C1CCN(C(=O)c2ccco2)CC1. The van der Waals surface area contributed by atoms with Crippen LogP contribution in [0.1, 0.15) is 46.4 Å². The average Bonchev–Trinajstić information content (AvgIpc) is 3.44. The average molecular weight is 404 g/mol. The molecule has 0 aromatic carbocycles. The van der Waals surface area contributed by atoms with E-state index in [4.69, 9.17) is 4.42 Å². The molecule has 0 bridgehead atoms. The van der Waals surface area contributed by atoms with Crippen LogP contribution in [0.4, 0.5) is 0 Å². The third kappa shape index (κ3) is 4.81. The van der Waals surface area contributed by atoms with Crippen molar-refractivity contribution in [2.24, 2.45) is 5.92 Å². The van der Waals surface area contributed by atoms with E-state index in [1.807, 2.05) is 18.4 Å². The highest BCUT2D eigenvalue weighted by Crippen LogP contribution is 2.23. The quantitative estimate of drug-likeness (QED) is 0.743. The molecule has 1 aliphatic heterocycles. The topological polar surface area (TPSA) is 91.7 Å². The van der Waals surface area contributed by atoms with Crippen LogP contribution >= 0.6 is 11.3 Å². The van der Waals surface area contributed by atoms with Gasteiger partial charge in [0.15, 0.2) is 5.76 Å². The molecular weight excluding hydrogens is 378 g/mol. The summed E-state index contributed by atoms with van der Waals surface area (Å²) < 4.78 is 5.19. The smallest absolute Gasteiger partial charge is 0.289 e. The molecule has 28 heavy (non-hydrogen) atoms. The molecular formula is C20H25N3O4S. The maximum absolute atomic E-state index is 12.7. The minimum atomic E-state index is -0.609. The second-order valence-electron chi connectivity index (χ2n) is 6.83. The molecule has 1 unspecified atom stereocenters. The van der Waals surface area contributed by atoms with E-state index in [1.165, 1.54) is 17.6 Å². The monoisotopic (exact) mass is 403 g/mol. The lowest BCUT2D eigenvalue weighted by Crippen LogP contribution is -2.53. The number of carbonyl (C=O) groups excluding carboxylic acids is 3. The lowest BCUT2D eigenvalue weighted by molar-refractivity contribution is -0.124. The van der Waals surface area contributed by atoms with Crippen molar-refractivity contribution in [3.8, 4) is 0 Å². The number of thiophene rings is 1. The zero-order valence-corrected chi connectivity index (χ0v) is 16.7. The van der Waals surface area contributed by atoms with E-state index < -0.39 is 6.04 Å². The van der Waals surface area contributed by atoms with Gasteiger partial charge in [-0.25, -0.2) is 0 Å². The molecule has 1 atom stereocenters. The molecule has 3 amide bonds. The van der Waals surface area contributed by atoms with E-state index in [0.29, 0.717) is 43.1 Å². The summed E-state index contributed by atoms with van der Waals surface area (Å²) in [5.41, 5.74) is 0. The number of hydrogen-bond acceptors (Lipinski definition) is 5. The molecule has 7 nitrogen and oxygen atoms in total. The Labute approximate surface area is 168 Å². The zero-order valence-electron chi connectivity index (χ0n) is 15.8. The number of nitrogens with zero attached hydrogens (tertiary/aromatic N) is 1. The zero-order chi connectivity index (χ0) is 19.9. The van der Waals surface area contributed by atoms with Crippen LogP contribution in [0.5, 0.6) is 0 Å². The summed E-state index contributed by atoms with van der Waals surface area (Å²) in [5, 5.41) is 7.63. The summed E-state index contributed by atoms with van der Waals surface area (Å²) in [6.45, 7) is 3.60. The number of amides is 3. The Morgan fingerprint density at radius 1 is 1.25 bits per heavy atom. The maximum atomic E-state index is 12.7. The summed E-state index contributed by atoms with van der Waals surface area (Å²) in [6, 6.07) is 6.28. The third-order valence-electron chi connectivity index (χ3n) is 4.89. The molecule has 1 aliphatic rings. The summed E-state index contributed by atoms with van der Waals surface area (Å²) in [5.74, 6) is -0.246. The number of piperidine rings is 1. The van der Waals surface area contributed by atoms with E-state index in [9.17, 15) is 14.4 Å². The predicted octanol–water partition coefficient (Wildman–Crippen LogP) is 2.52. The molecule has 0 aliphatic carbocycles. The number of furan rings is 1. The van der Waals surface area contributed by atoms with Gasteiger partial charge in [-0.3, -0.25) is 14.4 Å². The largest absolute Gasteiger partial charge is 0.459 e. The van der Waals surface area contributed by atoms with Crippen molar-refractivity contribution >= 4 is 29.1 Å². The highest BCUT2D eigenvalue weighted by Gasteiger charge is 2.34. The maximum Gasteiger partial charge on any atom is 0.289 e. The number of rotatable bonds is 7. The molecule has 2 N–H and O–H groups in total. The molecule has 8 heteroatoms. The highest BCUT2D eigenvalue weighted by atomic mass is 32.1. The van der Waals surface area contributed by atoms with Crippen LogP contribution < -0.4 is 10.6 Å². The number of likely N-dealkylation sites (tertiary alicyclic amines) is 1. The van der Waals surface area contributed by atoms with Gasteiger partial charge in [-0.2, -0.15) is 0 Å². The Bertz CT molecular complexity index is 780. The van der Waals surface area contributed by atoms with E-state index in [1.54, 1.807) is 23.1 Å². The number of carbonyl (C=O) groups is 3. The van der Waals surface area contributed by atoms with Crippen LogP contribution in [-0.4, -0.2) is 48.3 Å². The van der Waals surface area contributed by atoms with Crippen molar-refractivity contribution in [1.29, 1.82) is 0 Å². The fourth-order valence-corrected chi connectivity index (χ4v) is 3.99. The summed E-state index contributed by atoms with van der Waals surface area (Å²) in [7, 11) is 0. The van der Waals surface area contributed by atoms with Gasteiger partial charge in [0.1, 0.15) is 6.04 Å². The fourth-order valence-electron chi connectivity index (χ4n) is 3.37. The predicted molar refractivity (Wildman–Crippen MR) is 106 cm³/mol. The van der Waals surface area contributed by atoms with Gasteiger partial charge in [0, 0.05) is 19.6 Å². The Kier molecular flexibility index (Phi) is 6.86. The molecule has 1 fully saturated rings. The first kappa shape index (κ1) is 20.1. The minimum Gasteiger partial charge on any atom is -0.459 e. The Balaban J connectivity index is 1.64. The molecule has 0 saturated carbocycles. The van der Waals surface area contributed by atoms with Crippen molar-refractivity contribution in [3.63, 3.8) is 0 Å². The summed E-state index contributed by atoms with van der Waals surface area (Å²) in [4.78, 5) is 39.9. The second kappa shape index (κ2) is 9.54. The van der Waals surface area contributed by atoms with E-state index in [0.717, 1.165) is 6.42 Å². The van der Waals surface area contributed by atoms with Crippen molar-refractivity contribution < 1.29 is 18.8 Å². The molecule has 3 heterocycles. The van der Waals surface area contributed by atoms with Crippen molar-refractivity contribution in [2.45, 2.75) is 32.2 Å². The molecule has 2 aromatic heterocycles. The van der Waals surface area contributed by atoms with Gasteiger partial charge in [0.25, 0.3) is 11.8 Å². The van der Waals surface area contributed by atoms with Gasteiger partial charge >= 0.3 is 0 Å². The van der Waals surface area contributed by atoms with Crippen LogP contribution in [0, 0.1) is 5.92 Å². The minimum absolute atomic E-state index is 0.0265. The van der Waals surface area contributed by atoms with Gasteiger partial charge in [-0.15, -0.1) is 11.3 Å². The Morgan fingerprint density at radius 2 is 2.04 bits per heavy atom. The molecule has 0 radical (unpaired) electrons. The lowest BCUT2D eigenvalue weighted by Gasteiger charge is -2.35. The molecule has 0 spiro atoms. The number of hydrogen-bond donors (Lipinski definition) is 2. The number of nitrogens with one attached hydrogen (secondary N) is 2. The first-order valence-corrected chi connectivity index (χ1v) is 10.4. The first-order valence-electron chi connectivity index (χ1n) is 9.55. The fraction of sp³-hybridized carbons (Fsp3) is 0.450. The normalized spacial score (nSPS) is 15.8. The van der Waals surface area contributed by atoms with Crippen LogP contribution in [-0.2, 0) is 4.79 Å². The Hall–Kier alpha value is -2.61. The van der Waals surface area contributed by atoms with E-state index in [2.05, 4.69) is 10.6 Å². The molecule has 3 rings (SSSR count). The van der Waals surface area contributed by atoms with Crippen molar-refractivity contribution in [2.75, 3.05) is 19.6 Å². The van der Waals surface area contributed by atoms with Crippen molar-refractivity contribution in [3.05, 3.63) is 46.5 Å². The van der Waals surface area contributed by atoms with Crippen LogP contribution in [0.15, 0.2) is 40.3 Å². The van der Waals surface area contributed by atoms with Crippen molar-refractivity contribution in [1.82, 2.24) is 15.5 Å². The van der Waals surface area contributed by atoms with Crippen LogP contribution in [0.3, 0.4) is 0 Å². The summed E-state index contributed by atoms with van der Waals surface area (Å²) >= 11 is 1.34. The second-order valence-corrected chi connectivity index (χ2v) is 7.77. The lowest BCUT2D eigenvalue weighted by atomic mass is 9.88. The van der Waals surface area contributed by atoms with Gasteiger partial charge in [0.05, 0.1) is 11.1 Å². The van der Waals surface area contributed by atoms with Gasteiger partial charge < -0.3 is 20.0 Å². The Morgan fingerprint density at radius 3 is 2.64 bits per heavy atom. The van der Waals surface area contributed by atoms with E-state index >= 15 is 0 Å². The van der Waals surface area contributed by atoms with Crippen LogP contribution in [0.2, 0.25) is 0 Å². The highest BCUT2D eigenvalue weighted by molar-refractivity contribution is 7.12. The standard InChI is InChI=1S/C20H25N3O4S/c1-2-9-21-19(25)17(22-18(24)16-6-4-13-28-16)14-7-10-23(11-8-14)20(26)15-5-3-12-27-15/h3-6,12-14,17H,2,7-11H2,1H3,(H,21,25)(H,22,24). The van der Waals surface area contributed by atoms with Gasteiger partial charge in [-0.1, -0.05) is 13.0 Å². The van der Waals surface area contributed by atoms with Gasteiger partial charge in [-0.05, 0) is 48.8 Å². The molecule has 1 saturated heterocycles. The van der Waals surface area contributed by atoms with Crippen LogP contribution in [0.25, 0.3) is 0 Å². The molecule has 150 valence electrons. The van der Waals surface area contributed by atoms with E-state index in [-0.39, 0.29) is 23.6 Å². The summed E-state index contributed by atoms with van der Waals surface area (Å²) in [6.07, 6.45) is 3.59. The van der Waals surface area contributed by atoms with Gasteiger partial charge in [0.2, 0.25) is 5.91 Å². The molecule has 2 aromatic rings. The third-order valence-corrected chi connectivity index (χ3v) is 5.76. The first-order chi connectivity index (χ1) is 13.6.